The minimum atomic E-state index is -0.471. The second kappa shape index (κ2) is 8.92. The number of carbonyl (C=O) groups excluding carboxylic acids is 2. The van der Waals surface area contributed by atoms with Crippen molar-refractivity contribution in [1.82, 2.24) is 5.43 Å². The maximum absolute atomic E-state index is 12.9. The summed E-state index contributed by atoms with van der Waals surface area (Å²) in [5, 5.41) is 5.65. The fourth-order valence-electron chi connectivity index (χ4n) is 2.22. The van der Waals surface area contributed by atoms with Gasteiger partial charge in [0.25, 0.3) is 5.91 Å². The zero-order chi connectivity index (χ0) is 19.9. The number of hydrogen-bond donors (Lipinski definition) is 1. The van der Waals surface area contributed by atoms with Crippen LogP contribution in [0.5, 0.6) is 11.5 Å². The van der Waals surface area contributed by atoms with Crippen LogP contribution < -0.4 is 14.9 Å². The van der Waals surface area contributed by atoms with E-state index in [4.69, 9.17) is 9.47 Å². The van der Waals surface area contributed by atoms with E-state index in [9.17, 15) is 14.0 Å². The number of hydrogen-bond acceptors (Lipinski definition) is 6. The Bertz CT molecular complexity index is 1000. The SMILES string of the molecule is COc1cc(/C=N/NC(=O)c2ccc(F)cc2)ccc1OC(=O)c1cccs1. The molecule has 0 unspecified atom stereocenters. The number of thiophene rings is 1. The number of ether oxygens (including phenoxy) is 2. The maximum atomic E-state index is 12.9. The van der Waals surface area contributed by atoms with E-state index in [-0.39, 0.29) is 11.3 Å². The summed E-state index contributed by atoms with van der Waals surface area (Å²) in [5.41, 5.74) is 3.25. The first-order valence-electron chi connectivity index (χ1n) is 8.09. The number of nitrogens with one attached hydrogen (secondary N) is 1. The highest BCUT2D eigenvalue weighted by atomic mass is 32.1. The topological polar surface area (TPSA) is 77.0 Å². The third-order valence-corrected chi connectivity index (χ3v) is 4.45. The molecule has 1 aromatic heterocycles. The van der Waals surface area contributed by atoms with Crippen molar-refractivity contribution in [3.63, 3.8) is 0 Å². The number of benzene rings is 2. The van der Waals surface area contributed by atoms with Gasteiger partial charge in [-0.2, -0.15) is 5.10 Å². The molecule has 0 aliphatic rings. The van der Waals surface area contributed by atoms with Gasteiger partial charge in [-0.3, -0.25) is 4.79 Å². The van der Waals surface area contributed by atoms with Gasteiger partial charge in [-0.25, -0.2) is 14.6 Å². The summed E-state index contributed by atoms with van der Waals surface area (Å²) in [5.74, 6) is -0.745. The Hall–Kier alpha value is -3.52. The predicted octanol–water partition coefficient (Wildman–Crippen LogP) is 3.88. The molecule has 0 aliphatic carbocycles. The van der Waals surface area contributed by atoms with Gasteiger partial charge < -0.3 is 9.47 Å². The molecular formula is C20H15FN2O4S. The number of hydrazone groups is 1. The third-order valence-electron chi connectivity index (χ3n) is 3.60. The molecule has 2 aromatic carbocycles. The van der Waals surface area contributed by atoms with Crippen molar-refractivity contribution in [2.24, 2.45) is 5.10 Å². The first kappa shape index (κ1) is 19.2. The summed E-state index contributed by atoms with van der Waals surface area (Å²) in [6, 6.07) is 13.4. The highest BCUT2D eigenvalue weighted by Crippen LogP contribution is 2.28. The van der Waals surface area contributed by atoms with E-state index in [0.29, 0.717) is 16.2 Å². The van der Waals surface area contributed by atoms with E-state index in [1.54, 1.807) is 35.7 Å². The van der Waals surface area contributed by atoms with Crippen molar-refractivity contribution in [3.8, 4) is 11.5 Å². The van der Waals surface area contributed by atoms with E-state index in [0.717, 1.165) is 0 Å². The summed E-state index contributed by atoms with van der Waals surface area (Å²) in [6.07, 6.45) is 1.41. The van der Waals surface area contributed by atoms with Crippen LogP contribution in [0.25, 0.3) is 0 Å². The molecule has 1 heterocycles. The van der Waals surface area contributed by atoms with Gasteiger partial charge in [0.2, 0.25) is 0 Å². The number of esters is 1. The van der Waals surface area contributed by atoms with E-state index in [1.807, 2.05) is 0 Å². The van der Waals surface area contributed by atoms with Crippen molar-refractivity contribution in [2.45, 2.75) is 0 Å². The molecule has 28 heavy (non-hydrogen) atoms. The lowest BCUT2D eigenvalue weighted by atomic mass is 10.2. The van der Waals surface area contributed by atoms with Crippen molar-refractivity contribution in [3.05, 3.63) is 81.8 Å². The molecule has 0 radical (unpaired) electrons. The zero-order valence-corrected chi connectivity index (χ0v) is 15.5. The molecule has 1 amide bonds. The molecule has 0 spiro atoms. The molecule has 0 fully saturated rings. The Morgan fingerprint density at radius 2 is 1.89 bits per heavy atom. The molecule has 0 saturated heterocycles. The average Bonchev–Trinajstić information content (AvgIpc) is 3.24. The number of halogens is 1. The van der Waals surface area contributed by atoms with Gasteiger partial charge in [-0.15, -0.1) is 11.3 Å². The van der Waals surface area contributed by atoms with E-state index >= 15 is 0 Å². The summed E-state index contributed by atoms with van der Waals surface area (Å²) in [4.78, 5) is 24.5. The summed E-state index contributed by atoms with van der Waals surface area (Å²) >= 11 is 1.28. The quantitative estimate of drug-likeness (QED) is 0.296. The van der Waals surface area contributed by atoms with Gasteiger partial charge in [-0.1, -0.05) is 6.07 Å². The molecular weight excluding hydrogens is 383 g/mol. The number of amides is 1. The molecule has 6 nitrogen and oxygen atoms in total. The molecule has 142 valence electrons. The lowest BCUT2D eigenvalue weighted by molar-refractivity contribution is 0.0734. The molecule has 3 aromatic rings. The van der Waals surface area contributed by atoms with Crippen LogP contribution in [0.4, 0.5) is 4.39 Å². The highest BCUT2D eigenvalue weighted by Gasteiger charge is 2.13. The lowest BCUT2D eigenvalue weighted by Gasteiger charge is -2.09. The molecule has 0 bridgehead atoms. The van der Waals surface area contributed by atoms with Gasteiger partial charge >= 0.3 is 5.97 Å². The van der Waals surface area contributed by atoms with Crippen LogP contribution in [0.3, 0.4) is 0 Å². The van der Waals surface area contributed by atoms with Crippen molar-refractivity contribution in [1.29, 1.82) is 0 Å². The van der Waals surface area contributed by atoms with Crippen LogP contribution in [0.1, 0.15) is 25.6 Å². The number of nitrogens with zero attached hydrogens (tertiary/aromatic N) is 1. The fourth-order valence-corrected chi connectivity index (χ4v) is 2.82. The minimum absolute atomic E-state index is 0.272. The van der Waals surface area contributed by atoms with Gasteiger partial charge in [0.05, 0.1) is 13.3 Å². The average molecular weight is 398 g/mol. The van der Waals surface area contributed by atoms with Gasteiger partial charge in [-0.05, 0) is 59.5 Å². The largest absolute Gasteiger partial charge is 0.493 e. The van der Waals surface area contributed by atoms with Crippen LogP contribution in [0, 0.1) is 5.82 Å². The van der Waals surface area contributed by atoms with Crippen LogP contribution in [-0.4, -0.2) is 25.2 Å². The summed E-state index contributed by atoms with van der Waals surface area (Å²) in [6.45, 7) is 0. The Balaban J connectivity index is 1.66. The molecule has 8 heteroatoms. The van der Waals surface area contributed by atoms with Crippen LogP contribution >= 0.6 is 11.3 Å². The Labute approximate surface area is 164 Å². The van der Waals surface area contributed by atoms with Gasteiger partial charge in [0.15, 0.2) is 11.5 Å². The highest BCUT2D eigenvalue weighted by molar-refractivity contribution is 7.12. The molecule has 0 aliphatic heterocycles. The second-order valence-corrected chi connectivity index (χ2v) is 6.43. The maximum Gasteiger partial charge on any atom is 0.353 e. The molecule has 1 N–H and O–H groups in total. The molecule has 0 atom stereocenters. The smallest absolute Gasteiger partial charge is 0.353 e. The van der Waals surface area contributed by atoms with Crippen LogP contribution in [0.2, 0.25) is 0 Å². The Morgan fingerprint density at radius 1 is 1.11 bits per heavy atom. The monoisotopic (exact) mass is 398 g/mol. The Morgan fingerprint density at radius 3 is 2.57 bits per heavy atom. The zero-order valence-electron chi connectivity index (χ0n) is 14.7. The molecule has 3 rings (SSSR count). The van der Waals surface area contributed by atoms with Crippen molar-refractivity contribution >= 4 is 29.4 Å². The Kier molecular flexibility index (Phi) is 6.13. The number of methoxy groups -OCH3 is 1. The normalized spacial score (nSPS) is 10.6. The van der Waals surface area contributed by atoms with Crippen molar-refractivity contribution in [2.75, 3.05) is 7.11 Å². The first-order valence-corrected chi connectivity index (χ1v) is 8.97. The van der Waals surface area contributed by atoms with Gasteiger partial charge in [0.1, 0.15) is 10.7 Å². The first-order chi connectivity index (χ1) is 13.6. The van der Waals surface area contributed by atoms with Crippen molar-refractivity contribution < 1.29 is 23.5 Å². The molecule has 0 saturated carbocycles. The summed E-state index contributed by atoms with van der Waals surface area (Å²) < 4.78 is 23.5. The van der Waals surface area contributed by atoms with E-state index < -0.39 is 17.7 Å². The number of carbonyl (C=O) groups is 2. The van der Waals surface area contributed by atoms with Gasteiger partial charge in [0, 0.05) is 5.56 Å². The predicted molar refractivity (Wildman–Crippen MR) is 104 cm³/mol. The fraction of sp³-hybridized carbons (Fsp3) is 0.0500. The second-order valence-electron chi connectivity index (χ2n) is 5.48. The number of rotatable bonds is 6. The van der Waals surface area contributed by atoms with Crippen LogP contribution in [-0.2, 0) is 0 Å². The lowest BCUT2D eigenvalue weighted by Crippen LogP contribution is -2.17. The third kappa shape index (κ3) is 4.80. The summed E-state index contributed by atoms with van der Waals surface area (Å²) in [7, 11) is 1.45. The van der Waals surface area contributed by atoms with Crippen LogP contribution in [0.15, 0.2) is 65.1 Å². The van der Waals surface area contributed by atoms with E-state index in [2.05, 4.69) is 10.5 Å². The standard InChI is InChI=1S/C20H15FN2O4S/c1-26-17-11-13(4-9-16(17)27-20(25)18-3-2-10-28-18)12-22-23-19(24)14-5-7-15(21)8-6-14/h2-12H,1H3,(H,23,24)/b22-12+. The minimum Gasteiger partial charge on any atom is -0.493 e. The van der Waals surface area contributed by atoms with E-state index in [1.165, 1.54) is 48.9 Å².